The van der Waals surface area contributed by atoms with Crippen molar-refractivity contribution in [2.45, 2.75) is 26.4 Å². The molecule has 2 amide bonds. The third-order valence-electron chi connectivity index (χ3n) is 4.00. The zero-order valence-corrected chi connectivity index (χ0v) is 16.5. The Morgan fingerprint density at radius 2 is 1.64 bits per heavy atom. The Labute approximate surface area is 169 Å². The Kier molecular flexibility index (Phi) is 8.02. The number of hydrogen-bond donors (Lipinski definition) is 2. The molecule has 0 aliphatic heterocycles. The van der Waals surface area contributed by atoms with Gasteiger partial charge < -0.3 is 15.4 Å². The van der Waals surface area contributed by atoms with E-state index in [9.17, 15) is 14.4 Å². The number of nitrogens with one attached hydrogen (secondary N) is 2. The van der Waals surface area contributed by atoms with E-state index in [-0.39, 0.29) is 16.5 Å². The van der Waals surface area contributed by atoms with Crippen molar-refractivity contribution in [3.8, 4) is 0 Å². The Morgan fingerprint density at radius 3 is 2.29 bits per heavy atom. The van der Waals surface area contributed by atoms with Gasteiger partial charge in [-0.1, -0.05) is 67.9 Å². The van der Waals surface area contributed by atoms with E-state index in [0.29, 0.717) is 6.54 Å². The molecule has 6 nitrogen and oxygen atoms in total. The number of ether oxygens (including phenoxy) is 1. The van der Waals surface area contributed by atoms with E-state index in [4.69, 9.17) is 16.3 Å². The molecule has 148 valence electrons. The number of rotatable bonds is 8. The SMILES string of the molecule is CC(C)[C@H](NC(=O)c1ccccc1Cl)C(=O)OCC(=O)NCc1ccccc1. The molecule has 0 aromatic heterocycles. The Balaban J connectivity index is 1.87. The molecular weight excluding hydrogens is 380 g/mol. The predicted octanol–water partition coefficient (Wildman–Crippen LogP) is 2.95. The van der Waals surface area contributed by atoms with E-state index in [2.05, 4.69) is 10.6 Å². The van der Waals surface area contributed by atoms with Gasteiger partial charge in [0.25, 0.3) is 11.8 Å². The van der Waals surface area contributed by atoms with E-state index < -0.39 is 30.4 Å². The minimum atomic E-state index is -0.898. The first-order chi connectivity index (χ1) is 13.4. The lowest BCUT2D eigenvalue weighted by Gasteiger charge is -2.21. The van der Waals surface area contributed by atoms with Crippen LogP contribution in [0.25, 0.3) is 0 Å². The van der Waals surface area contributed by atoms with Crippen molar-refractivity contribution in [2.24, 2.45) is 5.92 Å². The molecule has 0 spiro atoms. The first-order valence-electron chi connectivity index (χ1n) is 8.91. The van der Waals surface area contributed by atoms with Crippen molar-refractivity contribution >= 4 is 29.4 Å². The number of benzene rings is 2. The van der Waals surface area contributed by atoms with Crippen molar-refractivity contribution in [3.05, 3.63) is 70.7 Å². The van der Waals surface area contributed by atoms with Crippen LogP contribution in [0.5, 0.6) is 0 Å². The molecule has 2 rings (SSSR count). The summed E-state index contributed by atoms with van der Waals surface area (Å²) in [6, 6.07) is 15.0. The van der Waals surface area contributed by atoms with Crippen molar-refractivity contribution in [1.29, 1.82) is 0 Å². The molecule has 2 aromatic carbocycles. The molecule has 0 fully saturated rings. The number of hydrogen-bond acceptors (Lipinski definition) is 4. The standard InChI is InChI=1S/C21H23ClN2O4/c1-14(2)19(24-20(26)16-10-6-7-11-17(16)22)21(27)28-13-18(25)23-12-15-8-4-3-5-9-15/h3-11,14,19H,12-13H2,1-2H3,(H,23,25)(H,24,26)/t19-/m0/s1. The number of carbonyl (C=O) groups is 3. The molecule has 0 radical (unpaired) electrons. The summed E-state index contributed by atoms with van der Waals surface area (Å²) in [6.07, 6.45) is 0. The molecule has 2 N–H and O–H groups in total. The van der Waals surface area contributed by atoms with Crippen LogP contribution in [0.4, 0.5) is 0 Å². The number of halogens is 1. The van der Waals surface area contributed by atoms with Gasteiger partial charge in [-0.05, 0) is 23.6 Å². The van der Waals surface area contributed by atoms with Crippen LogP contribution in [0.1, 0.15) is 29.8 Å². The van der Waals surface area contributed by atoms with Crippen molar-refractivity contribution < 1.29 is 19.1 Å². The third kappa shape index (κ3) is 6.39. The van der Waals surface area contributed by atoms with Gasteiger partial charge in [-0.2, -0.15) is 0 Å². The summed E-state index contributed by atoms with van der Waals surface area (Å²) in [5, 5.41) is 5.59. The van der Waals surface area contributed by atoms with Gasteiger partial charge in [0.2, 0.25) is 0 Å². The van der Waals surface area contributed by atoms with E-state index >= 15 is 0 Å². The van der Waals surface area contributed by atoms with Crippen LogP contribution in [-0.4, -0.2) is 30.4 Å². The van der Waals surface area contributed by atoms with Crippen LogP contribution in [0.2, 0.25) is 5.02 Å². The van der Waals surface area contributed by atoms with E-state index in [1.54, 1.807) is 38.1 Å². The highest BCUT2D eigenvalue weighted by Gasteiger charge is 2.27. The number of esters is 1. The second-order valence-electron chi connectivity index (χ2n) is 6.55. The highest BCUT2D eigenvalue weighted by Crippen LogP contribution is 2.15. The Hall–Kier alpha value is -2.86. The van der Waals surface area contributed by atoms with Crippen molar-refractivity contribution in [3.63, 3.8) is 0 Å². The fourth-order valence-corrected chi connectivity index (χ4v) is 2.66. The minimum absolute atomic E-state index is 0.230. The average Bonchev–Trinajstić information content (AvgIpc) is 2.69. The van der Waals surface area contributed by atoms with Gasteiger partial charge in [0.05, 0.1) is 10.6 Å². The van der Waals surface area contributed by atoms with Gasteiger partial charge in [0.1, 0.15) is 6.04 Å². The second-order valence-corrected chi connectivity index (χ2v) is 6.95. The van der Waals surface area contributed by atoms with Crippen LogP contribution in [0.3, 0.4) is 0 Å². The summed E-state index contributed by atoms with van der Waals surface area (Å²) in [5.74, 6) is -1.80. The molecule has 0 aliphatic carbocycles. The summed E-state index contributed by atoms with van der Waals surface area (Å²) in [7, 11) is 0. The van der Waals surface area contributed by atoms with Crippen LogP contribution in [0, 0.1) is 5.92 Å². The molecule has 28 heavy (non-hydrogen) atoms. The summed E-state index contributed by atoms with van der Waals surface area (Å²) in [4.78, 5) is 36.7. The zero-order chi connectivity index (χ0) is 20.5. The maximum Gasteiger partial charge on any atom is 0.329 e. The predicted molar refractivity (Wildman–Crippen MR) is 107 cm³/mol. The first-order valence-corrected chi connectivity index (χ1v) is 9.29. The van der Waals surface area contributed by atoms with Gasteiger partial charge in [-0.25, -0.2) is 4.79 Å². The van der Waals surface area contributed by atoms with Crippen molar-refractivity contribution in [1.82, 2.24) is 10.6 Å². The second kappa shape index (κ2) is 10.5. The van der Waals surface area contributed by atoms with Crippen LogP contribution < -0.4 is 10.6 Å². The Bertz CT molecular complexity index is 824. The molecule has 0 unspecified atom stereocenters. The molecular formula is C21H23ClN2O4. The fourth-order valence-electron chi connectivity index (χ4n) is 2.44. The topological polar surface area (TPSA) is 84.5 Å². The molecule has 2 aromatic rings. The van der Waals surface area contributed by atoms with E-state index in [1.165, 1.54) is 0 Å². The lowest BCUT2D eigenvalue weighted by molar-refractivity contribution is -0.151. The maximum absolute atomic E-state index is 12.4. The summed E-state index contributed by atoms with van der Waals surface area (Å²) < 4.78 is 5.08. The van der Waals surface area contributed by atoms with Crippen molar-refractivity contribution in [2.75, 3.05) is 6.61 Å². The lowest BCUT2D eigenvalue weighted by atomic mass is 10.0. The summed E-state index contributed by atoms with van der Waals surface area (Å²) >= 11 is 6.02. The minimum Gasteiger partial charge on any atom is -0.454 e. The molecule has 0 bridgehead atoms. The zero-order valence-electron chi connectivity index (χ0n) is 15.8. The largest absolute Gasteiger partial charge is 0.454 e. The fraction of sp³-hybridized carbons (Fsp3) is 0.286. The van der Waals surface area contributed by atoms with Gasteiger partial charge >= 0.3 is 5.97 Å². The average molecular weight is 403 g/mol. The van der Waals surface area contributed by atoms with Gasteiger partial charge in [-0.3, -0.25) is 9.59 Å². The van der Waals surface area contributed by atoms with Gasteiger partial charge in [-0.15, -0.1) is 0 Å². The Morgan fingerprint density at radius 1 is 1.00 bits per heavy atom. The highest BCUT2D eigenvalue weighted by atomic mass is 35.5. The monoisotopic (exact) mass is 402 g/mol. The molecule has 1 atom stereocenters. The number of amides is 2. The normalized spacial score (nSPS) is 11.6. The summed E-state index contributed by atoms with van der Waals surface area (Å²) in [5.41, 5.74) is 1.21. The lowest BCUT2D eigenvalue weighted by Crippen LogP contribution is -2.46. The third-order valence-corrected chi connectivity index (χ3v) is 4.33. The summed E-state index contributed by atoms with van der Waals surface area (Å²) in [6.45, 7) is 3.47. The van der Waals surface area contributed by atoms with E-state index in [0.717, 1.165) is 5.56 Å². The van der Waals surface area contributed by atoms with Gasteiger partial charge in [0, 0.05) is 6.54 Å². The van der Waals surface area contributed by atoms with Crippen LogP contribution in [-0.2, 0) is 20.9 Å². The maximum atomic E-state index is 12.4. The first kappa shape index (κ1) is 21.4. The van der Waals surface area contributed by atoms with Gasteiger partial charge in [0.15, 0.2) is 6.61 Å². The molecule has 0 saturated heterocycles. The van der Waals surface area contributed by atoms with E-state index in [1.807, 2.05) is 30.3 Å². The quantitative estimate of drug-likeness (QED) is 0.665. The highest BCUT2D eigenvalue weighted by molar-refractivity contribution is 6.33. The van der Waals surface area contributed by atoms with Crippen LogP contribution >= 0.6 is 11.6 Å². The van der Waals surface area contributed by atoms with Crippen LogP contribution in [0.15, 0.2) is 54.6 Å². The molecule has 7 heteroatoms. The number of carbonyl (C=O) groups excluding carboxylic acids is 3. The smallest absolute Gasteiger partial charge is 0.329 e. The molecule has 0 saturated carbocycles. The molecule has 0 aliphatic rings. The molecule has 0 heterocycles.